The predicted octanol–water partition coefficient (Wildman–Crippen LogP) is 5.89. The third-order valence-corrected chi connectivity index (χ3v) is 6.39. The van der Waals surface area contributed by atoms with Crippen LogP contribution in [0.5, 0.6) is 0 Å². The first kappa shape index (κ1) is 21.4. The van der Waals surface area contributed by atoms with Gasteiger partial charge in [0.05, 0.1) is 16.3 Å². The lowest BCUT2D eigenvalue weighted by molar-refractivity contribution is 0.0713. The lowest BCUT2D eigenvalue weighted by Gasteiger charge is -2.33. The number of hydrogen-bond acceptors (Lipinski definition) is 4. The number of rotatable bonds is 4. The van der Waals surface area contributed by atoms with Crippen molar-refractivity contribution in [2.45, 2.75) is 37.6 Å². The molecule has 1 aliphatic rings. The fraction of sp³-hybridized carbons (Fsp3) is 0.280. The smallest absolute Gasteiger partial charge is 0.257 e. The fourth-order valence-electron chi connectivity index (χ4n) is 4.11. The molecular weight excluding hydrogens is 409 g/mol. The van der Waals surface area contributed by atoms with Crippen molar-refractivity contribution in [3.8, 4) is 0 Å². The number of carbonyl (C=O) groups is 1. The first-order valence-corrected chi connectivity index (χ1v) is 10.9. The summed E-state index contributed by atoms with van der Waals surface area (Å²) in [7, 11) is 0. The Morgan fingerprint density at radius 1 is 1.13 bits per heavy atom. The van der Waals surface area contributed by atoms with Gasteiger partial charge in [-0.15, -0.1) is 12.6 Å². The van der Waals surface area contributed by atoms with Gasteiger partial charge in [-0.3, -0.25) is 4.79 Å². The number of nitrogens with one attached hydrogen (secondary N) is 1. The molecule has 0 saturated carbocycles. The van der Waals surface area contributed by atoms with E-state index < -0.39 is 0 Å². The van der Waals surface area contributed by atoms with Crippen molar-refractivity contribution in [1.82, 2.24) is 9.88 Å². The Balaban J connectivity index is 1.53. The molecule has 1 aromatic heterocycles. The fourth-order valence-corrected chi connectivity index (χ4v) is 4.28. The van der Waals surface area contributed by atoms with Gasteiger partial charge < -0.3 is 10.2 Å². The summed E-state index contributed by atoms with van der Waals surface area (Å²) in [6.07, 6.45) is 3.33. The van der Waals surface area contributed by atoms with Crippen molar-refractivity contribution in [2.24, 2.45) is 0 Å². The second kappa shape index (κ2) is 9.10. The zero-order valence-corrected chi connectivity index (χ0v) is 18.6. The molecule has 1 N–H and O–H groups in total. The van der Waals surface area contributed by atoms with E-state index >= 15 is 0 Å². The van der Waals surface area contributed by atoms with Gasteiger partial charge in [-0.05, 0) is 68.0 Å². The van der Waals surface area contributed by atoms with Crippen LogP contribution >= 0.6 is 12.6 Å². The maximum Gasteiger partial charge on any atom is 0.257 e. The van der Waals surface area contributed by atoms with Crippen LogP contribution in [0.15, 0.2) is 59.8 Å². The minimum absolute atomic E-state index is 0.0309. The molecule has 1 saturated heterocycles. The van der Waals surface area contributed by atoms with Crippen molar-refractivity contribution in [3.05, 3.63) is 82.8 Å². The number of benzene rings is 2. The summed E-state index contributed by atoms with van der Waals surface area (Å²) in [5.41, 5.74) is 5.34. The van der Waals surface area contributed by atoms with Gasteiger partial charge in [-0.2, -0.15) is 0 Å². The van der Waals surface area contributed by atoms with Gasteiger partial charge in [-0.25, -0.2) is 9.37 Å². The molecule has 1 fully saturated rings. The topological polar surface area (TPSA) is 45.2 Å². The van der Waals surface area contributed by atoms with Crippen LogP contribution in [0.1, 0.15) is 45.8 Å². The third-order valence-electron chi connectivity index (χ3n) is 5.94. The number of hydrogen-bond donors (Lipinski definition) is 2. The summed E-state index contributed by atoms with van der Waals surface area (Å²) < 4.78 is 13.2. The standard InChI is InChI=1S/C25H26FN3OS/c1-16-4-3-5-21(14-16)28-23-17(2)24(31)27-15-22(23)25(30)29-12-10-19(11-13-29)18-6-8-20(26)9-7-18/h3-9,14-15,19H,10-13H2,1-2H3,(H2,27,28,31). The van der Waals surface area contributed by atoms with Crippen LogP contribution in [0.4, 0.5) is 15.8 Å². The Kier molecular flexibility index (Phi) is 6.28. The molecule has 0 aliphatic carbocycles. The maximum atomic E-state index is 13.4. The lowest BCUT2D eigenvalue weighted by atomic mass is 9.89. The molecular formula is C25H26FN3OS. The average Bonchev–Trinajstić information content (AvgIpc) is 2.77. The van der Waals surface area contributed by atoms with E-state index in [1.807, 2.05) is 55.1 Å². The Morgan fingerprint density at radius 3 is 2.52 bits per heavy atom. The Bertz CT molecular complexity index is 1090. The summed E-state index contributed by atoms with van der Waals surface area (Å²) in [6.45, 7) is 5.27. The minimum Gasteiger partial charge on any atom is -0.355 e. The number of likely N-dealkylation sites (tertiary alicyclic amines) is 1. The van der Waals surface area contributed by atoms with Crippen LogP contribution in [0, 0.1) is 19.7 Å². The quantitative estimate of drug-likeness (QED) is 0.502. The number of pyridine rings is 1. The van der Waals surface area contributed by atoms with Crippen molar-refractivity contribution in [1.29, 1.82) is 0 Å². The molecule has 4 nitrogen and oxygen atoms in total. The van der Waals surface area contributed by atoms with Crippen molar-refractivity contribution < 1.29 is 9.18 Å². The van der Waals surface area contributed by atoms with Gasteiger partial charge in [0, 0.05) is 30.5 Å². The highest BCUT2D eigenvalue weighted by Gasteiger charge is 2.27. The first-order valence-electron chi connectivity index (χ1n) is 10.5. The summed E-state index contributed by atoms with van der Waals surface area (Å²) >= 11 is 4.45. The summed E-state index contributed by atoms with van der Waals surface area (Å²) in [6, 6.07) is 14.7. The molecule has 31 heavy (non-hydrogen) atoms. The van der Waals surface area contributed by atoms with Crippen molar-refractivity contribution >= 4 is 29.9 Å². The van der Waals surface area contributed by atoms with E-state index in [2.05, 4.69) is 22.9 Å². The molecule has 3 aromatic rings. The lowest BCUT2D eigenvalue weighted by Crippen LogP contribution is -2.38. The Labute approximate surface area is 187 Å². The van der Waals surface area contributed by atoms with E-state index in [-0.39, 0.29) is 11.7 Å². The van der Waals surface area contributed by atoms with Crippen LogP contribution in [-0.2, 0) is 0 Å². The van der Waals surface area contributed by atoms with Crippen molar-refractivity contribution in [2.75, 3.05) is 18.4 Å². The van der Waals surface area contributed by atoms with Gasteiger partial charge >= 0.3 is 0 Å². The molecule has 160 valence electrons. The van der Waals surface area contributed by atoms with E-state index in [4.69, 9.17) is 0 Å². The molecule has 4 rings (SSSR count). The second-order valence-corrected chi connectivity index (χ2v) is 8.53. The van der Waals surface area contributed by atoms with Gasteiger partial charge in [0.2, 0.25) is 0 Å². The highest BCUT2D eigenvalue weighted by molar-refractivity contribution is 7.80. The number of amides is 1. The molecule has 0 unspecified atom stereocenters. The number of carbonyl (C=O) groups excluding carboxylic acids is 1. The number of aryl methyl sites for hydroxylation is 1. The number of halogens is 1. The third kappa shape index (κ3) is 4.74. The van der Waals surface area contributed by atoms with Gasteiger partial charge in [-0.1, -0.05) is 24.3 Å². The van der Waals surface area contributed by atoms with Crippen LogP contribution < -0.4 is 5.32 Å². The highest BCUT2D eigenvalue weighted by Crippen LogP contribution is 2.32. The van der Waals surface area contributed by atoms with Crippen LogP contribution in [0.3, 0.4) is 0 Å². The molecule has 1 amide bonds. The molecule has 0 atom stereocenters. The minimum atomic E-state index is -0.222. The molecule has 6 heteroatoms. The zero-order valence-electron chi connectivity index (χ0n) is 17.7. The van der Waals surface area contributed by atoms with Gasteiger partial charge in [0.1, 0.15) is 5.82 Å². The molecule has 2 heterocycles. The number of nitrogens with zero attached hydrogens (tertiary/aromatic N) is 2. The van der Waals surface area contributed by atoms with E-state index in [0.29, 0.717) is 29.6 Å². The molecule has 2 aromatic carbocycles. The first-order chi connectivity index (χ1) is 14.9. The van der Waals surface area contributed by atoms with E-state index in [1.165, 1.54) is 12.1 Å². The number of piperidine rings is 1. The zero-order chi connectivity index (χ0) is 22.0. The summed E-state index contributed by atoms with van der Waals surface area (Å²) in [5, 5.41) is 4.01. The second-order valence-electron chi connectivity index (χ2n) is 8.11. The monoisotopic (exact) mass is 435 g/mol. The summed E-state index contributed by atoms with van der Waals surface area (Å²) in [5.74, 6) is 0.0892. The Morgan fingerprint density at radius 2 is 1.84 bits per heavy atom. The van der Waals surface area contributed by atoms with Gasteiger partial charge in [0.25, 0.3) is 5.91 Å². The van der Waals surface area contributed by atoms with Crippen LogP contribution in [-0.4, -0.2) is 28.9 Å². The SMILES string of the molecule is Cc1cccc(Nc2c(C(=O)N3CCC(c4ccc(F)cc4)CC3)cnc(S)c2C)c1. The number of anilines is 2. The van der Waals surface area contributed by atoms with E-state index in [0.717, 1.165) is 40.9 Å². The molecule has 0 spiro atoms. The molecule has 0 radical (unpaired) electrons. The Hall–Kier alpha value is -2.86. The van der Waals surface area contributed by atoms with E-state index in [1.54, 1.807) is 6.20 Å². The number of aromatic nitrogens is 1. The van der Waals surface area contributed by atoms with Crippen LogP contribution in [0.25, 0.3) is 0 Å². The van der Waals surface area contributed by atoms with Crippen LogP contribution in [0.2, 0.25) is 0 Å². The largest absolute Gasteiger partial charge is 0.355 e. The molecule has 0 bridgehead atoms. The summed E-state index contributed by atoms with van der Waals surface area (Å²) in [4.78, 5) is 19.6. The van der Waals surface area contributed by atoms with Gasteiger partial charge in [0.15, 0.2) is 0 Å². The van der Waals surface area contributed by atoms with Crippen molar-refractivity contribution in [3.63, 3.8) is 0 Å². The highest BCUT2D eigenvalue weighted by atomic mass is 32.1. The normalized spacial score (nSPS) is 14.5. The number of thiol groups is 1. The van der Waals surface area contributed by atoms with E-state index in [9.17, 15) is 9.18 Å². The maximum absolute atomic E-state index is 13.4. The molecule has 1 aliphatic heterocycles. The predicted molar refractivity (Wildman–Crippen MR) is 125 cm³/mol. The average molecular weight is 436 g/mol.